The zero-order valence-electron chi connectivity index (χ0n) is 12.3. The van der Waals surface area contributed by atoms with Gasteiger partial charge in [-0.3, -0.25) is 4.79 Å². The summed E-state index contributed by atoms with van der Waals surface area (Å²) in [6.45, 7) is 4.10. The molecule has 0 spiro atoms. The number of ether oxygens (including phenoxy) is 1. The van der Waals surface area contributed by atoms with Crippen LogP contribution in [-0.2, 0) is 4.74 Å². The molecule has 1 aromatic carbocycles. The first-order chi connectivity index (χ1) is 10.2. The first kappa shape index (κ1) is 14.1. The Bertz CT molecular complexity index is 598. The minimum Gasteiger partial charge on any atom is -0.381 e. The molecule has 0 atom stereocenters. The molecule has 1 saturated carbocycles. The Kier molecular flexibility index (Phi) is 3.92. The second-order valence-electron chi connectivity index (χ2n) is 5.78. The molecule has 5 nitrogen and oxygen atoms in total. The van der Waals surface area contributed by atoms with Crippen LogP contribution in [0.4, 0.5) is 0 Å². The van der Waals surface area contributed by atoms with E-state index in [1.807, 2.05) is 31.2 Å². The van der Waals surface area contributed by atoms with Gasteiger partial charge in [0.15, 0.2) is 5.82 Å². The van der Waals surface area contributed by atoms with Crippen LogP contribution in [0.2, 0.25) is 0 Å². The molecule has 0 unspecified atom stereocenters. The van der Waals surface area contributed by atoms with E-state index in [4.69, 9.17) is 4.74 Å². The van der Waals surface area contributed by atoms with E-state index >= 15 is 0 Å². The number of rotatable bonds is 6. The molecular formula is C16H21N3O2. The summed E-state index contributed by atoms with van der Waals surface area (Å²) in [7, 11) is 0. The number of amides is 1. The van der Waals surface area contributed by atoms with Crippen LogP contribution >= 0.6 is 0 Å². The lowest BCUT2D eigenvalue weighted by Crippen LogP contribution is -2.45. The lowest BCUT2D eigenvalue weighted by molar-refractivity contribution is -0.000243. The van der Waals surface area contributed by atoms with Crippen LogP contribution < -0.4 is 5.32 Å². The fourth-order valence-electron chi connectivity index (χ4n) is 2.78. The van der Waals surface area contributed by atoms with Gasteiger partial charge in [-0.05, 0) is 31.9 Å². The topological polar surface area (TPSA) is 67.0 Å². The van der Waals surface area contributed by atoms with Gasteiger partial charge in [0, 0.05) is 18.6 Å². The summed E-state index contributed by atoms with van der Waals surface area (Å²) in [6.07, 6.45) is 3.45. The Morgan fingerprint density at radius 3 is 2.90 bits per heavy atom. The van der Waals surface area contributed by atoms with Gasteiger partial charge < -0.3 is 15.0 Å². The molecule has 1 aliphatic rings. The molecule has 21 heavy (non-hydrogen) atoms. The summed E-state index contributed by atoms with van der Waals surface area (Å²) in [5.41, 5.74) is 1.82. The van der Waals surface area contributed by atoms with E-state index in [-0.39, 0.29) is 11.3 Å². The van der Waals surface area contributed by atoms with Gasteiger partial charge in [-0.1, -0.05) is 18.6 Å². The zero-order valence-corrected chi connectivity index (χ0v) is 12.3. The largest absolute Gasteiger partial charge is 0.381 e. The number of carbonyl (C=O) groups is 1. The van der Waals surface area contributed by atoms with Crippen LogP contribution in [0.25, 0.3) is 11.0 Å². The maximum atomic E-state index is 12.2. The van der Waals surface area contributed by atoms with Gasteiger partial charge in [0.25, 0.3) is 5.91 Å². The fraction of sp³-hybridized carbons (Fsp3) is 0.500. The van der Waals surface area contributed by atoms with Gasteiger partial charge >= 0.3 is 0 Å². The Balaban J connectivity index is 1.63. The number of benzene rings is 1. The van der Waals surface area contributed by atoms with Crippen LogP contribution in [0.3, 0.4) is 0 Å². The van der Waals surface area contributed by atoms with Gasteiger partial charge in [-0.25, -0.2) is 4.98 Å². The molecule has 0 saturated heterocycles. The van der Waals surface area contributed by atoms with Crippen molar-refractivity contribution >= 4 is 16.9 Å². The number of imidazole rings is 1. The SMILES string of the molecule is CCOCC1(CNC(=O)c2nc3ccccc3[nH]2)CCC1. The third kappa shape index (κ3) is 2.93. The van der Waals surface area contributed by atoms with Gasteiger partial charge in [-0.15, -0.1) is 0 Å². The van der Waals surface area contributed by atoms with Crippen molar-refractivity contribution in [1.82, 2.24) is 15.3 Å². The van der Waals surface area contributed by atoms with E-state index in [1.54, 1.807) is 0 Å². The standard InChI is InChI=1S/C16H21N3O2/c1-2-21-11-16(8-5-9-16)10-17-15(20)14-18-12-6-3-4-7-13(12)19-14/h3-4,6-7H,2,5,8-11H2,1H3,(H,17,20)(H,18,19). The zero-order chi connectivity index (χ0) is 14.7. The van der Waals surface area contributed by atoms with Crippen LogP contribution in [0.5, 0.6) is 0 Å². The Morgan fingerprint density at radius 2 is 2.24 bits per heavy atom. The van der Waals surface area contributed by atoms with Crippen LogP contribution in [-0.4, -0.2) is 35.6 Å². The van der Waals surface area contributed by atoms with Crippen molar-refractivity contribution in [2.45, 2.75) is 26.2 Å². The molecule has 1 fully saturated rings. The molecule has 0 bridgehead atoms. The average Bonchev–Trinajstić information content (AvgIpc) is 2.89. The van der Waals surface area contributed by atoms with E-state index in [2.05, 4.69) is 15.3 Å². The number of aromatic amines is 1. The Labute approximate surface area is 124 Å². The van der Waals surface area contributed by atoms with E-state index in [9.17, 15) is 4.79 Å². The van der Waals surface area contributed by atoms with Crippen molar-refractivity contribution < 1.29 is 9.53 Å². The molecule has 1 aliphatic carbocycles. The van der Waals surface area contributed by atoms with E-state index in [0.29, 0.717) is 12.4 Å². The summed E-state index contributed by atoms with van der Waals surface area (Å²) < 4.78 is 5.55. The summed E-state index contributed by atoms with van der Waals surface area (Å²) in [5, 5.41) is 3.00. The molecule has 112 valence electrons. The first-order valence-corrected chi connectivity index (χ1v) is 7.53. The number of fused-ring (bicyclic) bond motifs is 1. The van der Waals surface area contributed by atoms with Gasteiger partial charge in [-0.2, -0.15) is 0 Å². The van der Waals surface area contributed by atoms with Crippen molar-refractivity contribution in [1.29, 1.82) is 0 Å². The molecule has 1 amide bonds. The fourth-order valence-corrected chi connectivity index (χ4v) is 2.78. The maximum Gasteiger partial charge on any atom is 0.287 e. The van der Waals surface area contributed by atoms with Gasteiger partial charge in [0.1, 0.15) is 0 Å². The first-order valence-electron chi connectivity index (χ1n) is 7.53. The number of hydrogen-bond donors (Lipinski definition) is 2. The summed E-state index contributed by atoms with van der Waals surface area (Å²) in [5.74, 6) is 0.232. The Hall–Kier alpha value is -1.88. The van der Waals surface area contributed by atoms with E-state index in [1.165, 1.54) is 6.42 Å². The number of hydrogen-bond acceptors (Lipinski definition) is 3. The lowest BCUT2D eigenvalue weighted by atomic mass is 9.69. The highest BCUT2D eigenvalue weighted by Crippen LogP contribution is 2.40. The van der Waals surface area contributed by atoms with Crippen LogP contribution in [0.15, 0.2) is 24.3 Å². The summed E-state index contributed by atoms with van der Waals surface area (Å²) in [4.78, 5) is 19.6. The molecule has 2 N–H and O–H groups in total. The number of nitrogens with zero attached hydrogens (tertiary/aromatic N) is 1. The monoisotopic (exact) mass is 287 g/mol. The van der Waals surface area contributed by atoms with Gasteiger partial charge in [0.2, 0.25) is 0 Å². The Morgan fingerprint density at radius 1 is 1.43 bits per heavy atom. The molecule has 0 radical (unpaired) electrons. The predicted molar refractivity (Wildman–Crippen MR) is 81.2 cm³/mol. The number of nitrogens with one attached hydrogen (secondary N) is 2. The quantitative estimate of drug-likeness (QED) is 0.858. The van der Waals surface area contributed by atoms with Crippen molar-refractivity contribution in [2.24, 2.45) is 5.41 Å². The minimum atomic E-state index is -0.144. The van der Waals surface area contributed by atoms with Crippen molar-refractivity contribution in [2.75, 3.05) is 19.8 Å². The highest BCUT2D eigenvalue weighted by Gasteiger charge is 2.37. The van der Waals surface area contributed by atoms with E-state index < -0.39 is 0 Å². The second-order valence-corrected chi connectivity index (χ2v) is 5.78. The molecule has 3 rings (SSSR count). The number of carbonyl (C=O) groups excluding carboxylic acids is 1. The predicted octanol–water partition coefficient (Wildman–Crippen LogP) is 2.50. The average molecular weight is 287 g/mol. The highest BCUT2D eigenvalue weighted by molar-refractivity contribution is 5.94. The molecule has 0 aliphatic heterocycles. The third-order valence-corrected chi connectivity index (χ3v) is 4.25. The van der Waals surface area contributed by atoms with Crippen molar-refractivity contribution in [3.63, 3.8) is 0 Å². The molecule has 1 heterocycles. The molecular weight excluding hydrogens is 266 g/mol. The summed E-state index contributed by atoms with van der Waals surface area (Å²) in [6, 6.07) is 7.65. The highest BCUT2D eigenvalue weighted by atomic mass is 16.5. The lowest BCUT2D eigenvalue weighted by Gasteiger charge is -2.41. The number of H-pyrrole nitrogens is 1. The molecule has 1 aromatic heterocycles. The van der Waals surface area contributed by atoms with Crippen LogP contribution in [0.1, 0.15) is 36.8 Å². The molecule has 2 aromatic rings. The normalized spacial score (nSPS) is 16.6. The smallest absolute Gasteiger partial charge is 0.287 e. The van der Waals surface area contributed by atoms with E-state index in [0.717, 1.165) is 37.1 Å². The second kappa shape index (κ2) is 5.85. The minimum absolute atomic E-state index is 0.123. The summed E-state index contributed by atoms with van der Waals surface area (Å²) >= 11 is 0. The number of aromatic nitrogens is 2. The van der Waals surface area contributed by atoms with Gasteiger partial charge in [0.05, 0.1) is 17.6 Å². The maximum absolute atomic E-state index is 12.2. The van der Waals surface area contributed by atoms with Crippen molar-refractivity contribution in [3.8, 4) is 0 Å². The third-order valence-electron chi connectivity index (χ3n) is 4.25. The number of para-hydroxylation sites is 2. The molecule has 5 heteroatoms. The van der Waals surface area contributed by atoms with Crippen molar-refractivity contribution in [3.05, 3.63) is 30.1 Å². The van der Waals surface area contributed by atoms with Crippen LogP contribution in [0, 0.1) is 5.41 Å².